The quantitative estimate of drug-likeness (QED) is 0.733. The molecule has 6 heteroatoms. The number of aliphatic carboxylic acids is 1. The highest BCUT2D eigenvalue weighted by Crippen LogP contribution is 2.09. The smallest absolute Gasteiger partial charge is 0.317 e. The molecule has 0 atom stereocenters. The average Bonchev–Trinajstić information content (AvgIpc) is 2.16. The van der Waals surface area contributed by atoms with Crippen LogP contribution in [0.25, 0.3) is 0 Å². The van der Waals surface area contributed by atoms with Gasteiger partial charge in [-0.3, -0.25) is 14.9 Å². The van der Waals surface area contributed by atoms with Crippen molar-refractivity contribution in [2.75, 3.05) is 13.1 Å². The van der Waals surface area contributed by atoms with E-state index in [2.05, 4.69) is 5.32 Å². The van der Waals surface area contributed by atoms with Gasteiger partial charge in [-0.05, 0) is 12.1 Å². The molecule has 0 amide bonds. The van der Waals surface area contributed by atoms with Crippen LogP contribution in [0.15, 0.2) is 18.2 Å². The minimum atomic E-state index is -1.12. The minimum absolute atomic E-state index is 0.265. The first-order chi connectivity index (χ1) is 7.50. The Balaban J connectivity index is 2.63. The summed E-state index contributed by atoms with van der Waals surface area (Å²) in [4.78, 5) is 21.5. The maximum atomic E-state index is 13.1. The van der Waals surface area contributed by atoms with E-state index in [-0.39, 0.29) is 12.1 Å². The van der Waals surface area contributed by atoms with Crippen LogP contribution in [-0.4, -0.2) is 29.9 Å². The zero-order chi connectivity index (χ0) is 12.1. The summed E-state index contributed by atoms with van der Waals surface area (Å²) in [6.45, 7) is -0.705. The lowest BCUT2D eigenvalue weighted by Gasteiger charge is -2.03. The predicted octanol–water partition coefficient (Wildman–Crippen LogP) is 0.822. The Labute approximate surface area is 89.9 Å². The van der Waals surface area contributed by atoms with Gasteiger partial charge in [0.25, 0.3) is 0 Å². The number of Topliss-reactive ketones (excluding diaryl/α,β-unsaturated/α-hetero) is 1. The van der Waals surface area contributed by atoms with E-state index >= 15 is 0 Å². The van der Waals surface area contributed by atoms with E-state index in [0.29, 0.717) is 6.07 Å². The molecule has 0 fully saturated rings. The molecule has 0 heterocycles. The summed E-state index contributed by atoms with van der Waals surface area (Å²) in [5.74, 6) is -3.47. The van der Waals surface area contributed by atoms with Crippen molar-refractivity contribution in [3.63, 3.8) is 0 Å². The van der Waals surface area contributed by atoms with Gasteiger partial charge in [-0.1, -0.05) is 0 Å². The molecule has 0 unspecified atom stereocenters. The monoisotopic (exact) mass is 229 g/mol. The zero-order valence-corrected chi connectivity index (χ0v) is 8.17. The van der Waals surface area contributed by atoms with Gasteiger partial charge in [-0.2, -0.15) is 0 Å². The molecule has 2 N–H and O–H groups in total. The van der Waals surface area contributed by atoms with E-state index in [1.165, 1.54) is 0 Å². The van der Waals surface area contributed by atoms with E-state index in [9.17, 15) is 18.4 Å². The molecule has 86 valence electrons. The summed E-state index contributed by atoms with van der Waals surface area (Å²) in [5, 5.41) is 10.6. The Morgan fingerprint density at radius 2 is 1.94 bits per heavy atom. The summed E-state index contributed by atoms with van der Waals surface area (Å²) < 4.78 is 25.6. The number of benzene rings is 1. The Kier molecular flexibility index (Phi) is 4.07. The third-order valence-electron chi connectivity index (χ3n) is 1.79. The first kappa shape index (κ1) is 12.3. The lowest BCUT2D eigenvalue weighted by molar-refractivity contribution is -0.135. The van der Waals surface area contributed by atoms with Gasteiger partial charge in [0.15, 0.2) is 5.78 Å². The van der Waals surface area contributed by atoms with Crippen LogP contribution in [0.2, 0.25) is 0 Å². The van der Waals surface area contributed by atoms with Crippen LogP contribution in [0, 0.1) is 11.6 Å². The van der Waals surface area contributed by atoms with E-state index in [4.69, 9.17) is 5.11 Å². The van der Waals surface area contributed by atoms with Crippen LogP contribution in [0.4, 0.5) is 8.78 Å². The molecule has 0 radical (unpaired) electrons. The van der Waals surface area contributed by atoms with Crippen LogP contribution in [0.1, 0.15) is 10.4 Å². The number of hydrogen-bond acceptors (Lipinski definition) is 3. The summed E-state index contributed by atoms with van der Waals surface area (Å²) in [7, 11) is 0. The normalized spacial score (nSPS) is 10.1. The maximum Gasteiger partial charge on any atom is 0.317 e. The van der Waals surface area contributed by atoms with Crippen molar-refractivity contribution in [1.29, 1.82) is 0 Å². The number of carboxylic acid groups (broad SMARTS) is 1. The Hall–Kier alpha value is -1.82. The summed E-state index contributed by atoms with van der Waals surface area (Å²) >= 11 is 0. The SMILES string of the molecule is O=C(O)CNCC(=O)c1ccc(F)cc1F. The third kappa shape index (κ3) is 3.39. The number of carbonyl (C=O) groups is 2. The van der Waals surface area contributed by atoms with Gasteiger partial charge in [-0.25, -0.2) is 8.78 Å². The van der Waals surface area contributed by atoms with E-state index in [1.807, 2.05) is 0 Å². The highest BCUT2D eigenvalue weighted by Gasteiger charge is 2.12. The Morgan fingerprint density at radius 1 is 1.25 bits per heavy atom. The van der Waals surface area contributed by atoms with Crippen LogP contribution < -0.4 is 5.32 Å². The molecule has 1 aromatic rings. The number of halogens is 2. The highest BCUT2D eigenvalue weighted by atomic mass is 19.1. The molecule has 0 spiro atoms. The molecule has 0 aromatic heterocycles. The van der Waals surface area contributed by atoms with Crippen LogP contribution in [0.5, 0.6) is 0 Å². The van der Waals surface area contributed by atoms with Crippen molar-refractivity contribution in [1.82, 2.24) is 5.32 Å². The largest absolute Gasteiger partial charge is 0.480 e. The van der Waals surface area contributed by atoms with Gasteiger partial charge in [0.2, 0.25) is 0 Å². The van der Waals surface area contributed by atoms with Crippen molar-refractivity contribution in [3.8, 4) is 0 Å². The van der Waals surface area contributed by atoms with Crippen molar-refractivity contribution in [2.24, 2.45) is 0 Å². The van der Waals surface area contributed by atoms with Crippen LogP contribution >= 0.6 is 0 Å². The number of carboxylic acids is 1. The standard InChI is InChI=1S/C10H9F2NO3/c11-6-1-2-7(8(12)3-6)9(14)4-13-5-10(15)16/h1-3,13H,4-5H2,(H,15,16). The van der Waals surface area contributed by atoms with Crippen molar-refractivity contribution in [3.05, 3.63) is 35.4 Å². The maximum absolute atomic E-state index is 13.1. The molecule has 1 aromatic carbocycles. The first-order valence-corrected chi connectivity index (χ1v) is 4.41. The fraction of sp³-hybridized carbons (Fsp3) is 0.200. The summed E-state index contributed by atoms with van der Waals surface area (Å²) in [6.07, 6.45) is 0. The first-order valence-electron chi connectivity index (χ1n) is 4.41. The number of nitrogens with one attached hydrogen (secondary N) is 1. The number of rotatable bonds is 5. The number of ketones is 1. The number of hydrogen-bond donors (Lipinski definition) is 2. The second kappa shape index (κ2) is 5.32. The summed E-state index contributed by atoms with van der Waals surface area (Å²) in [5.41, 5.74) is -0.265. The Morgan fingerprint density at radius 3 is 2.50 bits per heavy atom. The topological polar surface area (TPSA) is 66.4 Å². The number of carbonyl (C=O) groups excluding carboxylic acids is 1. The molecule has 0 aliphatic heterocycles. The molecule has 0 saturated heterocycles. The summed E-state index contributed by atoms with van der Waals surface area (Å²) in [6, 6.07) is 2.59. The fourth-order valence-corrected chi connectivity index (χ4v) is 1.09. The lowest BCUT2D eigenvalue weighted by Crippen LogP contribution is -2.28. The van der Waals surface area contributed by atoms with Gasteiger partial charge in [0.1, 0.15) is 11.6 Å². The minimum Gasteiger partial charge on any atom is -0.480 e. The second-order valence-corrected chi connectivity index (χ2v) is 3.04. The molecular formula is C10H9F2NO3. The molecule has 0 saturated carbocycles. The molecule has 1 rings (SSSR count). The van der Waals surface area contributed by atoms with E-state index in [1.54, 1.807) is 0 Å². The molecule has 4 nitrogen and oxygen atoms in total. The average molecular weight is 229 g/mol. The highest BCUT2D eigenvalue weighted by molar-refractivity contribution is 5.98. The molecule has 16 heavy (non-hydrogen) atoms. The van der Waals surface area contributed by atoms with Gasteiger partial charge in [0, 0.05) is 6.07 Å². The zero-order valence-electron chi connectivity index (χ0n) is 8.17. The van der Waals surface area contributed by atoms with Gasteiger partial charge in [0.05, 0.1) is 18.7 Å². The van der Waals surface area contributed by atoms with Crippen molar-refractivity contribution < 1.29 is 23.5 Å². The lowest BCUT2D eigenvalue weighted by atomic mass is 10.1. The predicted molar refractivity (Wildman–Crippen MR) is 51.2 cm³/mol. The molecule has 0 aliphatic rings. The molecule has 0 aliphatic carbocycles. The third-order valence-corrected chi connectivity index (χ3v) is 1.79. The second-order valence-electron chi connectivity index (χ2n) is 3.04. The van der Waals surface area contributed by atoms with E-state index < -0.39 is 29.9 Å². The fourth-order valence-electron chi connectivity index (χ4n) is 1.09. The van der Waals surface area contributed by atoms with Crippen LogP contribution in [-0.2, 0) is 4.79 Å². The van der Waals surface area contributed by atoms with Crippen molar-refractivity contribution >= 4 is 11.8 Å². The Bertz CT molecular complexity index is 421. The van der Waals surface area contributed by atoms with Gasteiger partial charge >= 0.3 is 5.97 Å². The van der Waals surface area contributed by atoms with Crippen molar-refractivity contribution in [2.45, 2.75) is 0 Å². The van der Waals surface area contributed by atoms with E-state index in [0.717, 1.165) is 12.1 Å². The van der Waals surface area contributed by atoms with Crippen LogP contribution in [0.3, 0.4) is 0 Å². The van der Waals surface area contributed by atoms with Gasteiger partial charge in [-0.15, -0.1) is 0 Å². The molecular weight excluding hydrogens is 220 g/mol. The molecule has 0 bridgehead atoms. The van der Waals surface area contributed by atoms with Gasteiger partial charge < -0.3 is 5.11 Å².